The molecule has 0 fully saturated rings. The van der Waals surface area contributed by atoms with Gasteiger partial charge in [0.1, 0.15) is 18.1 Å². The Balaban J connectivity index is 1.58. The van der Waals surface area contributed by atoms with Crippen LogP contribution in [0.25, 0.3) is 6.08 Å². The van der Waals surface area contributed by atoms with Gasteiger partial charge in [-0.05, 0) is 67.3 Å². The summed E-state index contributed by atoms with van der Waals surface area (Å²) >= 11 is 3.45. The largest absolute Gasteiger partial charge is 0.489 e. The van der Waals surface area contributed by atoms with Gasteiger partial charge in [0, 0.05) is 10.5 Å². The fourth-order valence-corrected chi connectivity index (χ4v) is 3.84. The summed E-state index contributed by atoms with van der Waals surface area (Å²) in [6, 6.07) is 17.8. The van der Waals surface area contributed by atoms with E-state index in [9.17, 15) is 4.79 Å². The topological polar surface area (TPSA) is 35.5 Å². The lowest BCUT2D eigenvalue weighted by Crippen LogP contribution is -2.01. The van der Waals surface area contributed by atoms with E-state index in [2.05, 4.69) is 48.0 Å². The molecule has 0 unspecified atom stereocenters. The van der Waals surface area contributed by atoms with E-state index in [1.54, 1.807) is 12.1 Å². The van der Waals surface area contributed by atoms with Crippen molar-refractivity contribution in [3.63, 3.8) is 0 Å². The van der Waals surface area contributed by atoms with Crippen molar-refractivity contribution in [3.05, 3.63) is 98.2 Å². The average Bonchev–Trinajstić information content (AvgIpc) is 2.98. The standard InChI is InChI=1S/C25H21BrO3/c1-15-7-8-16(2)19(9-15)14-28-21-10-17(3)24-22(13-21)29-23(25(24)27)12-18-5-4-6-20(26)11-18/h4-13H,14H2,1-3H3/b23-12-. The zero-order chi connectivity index (χ0) is 20.5. The van der Waals surface area contributed by atoms with Crippen LogP contribution in [0.1, 0.15) is 38.2 Å². The van der Waals surface area contributed by atoms with Crippen molar-refractivity contribution in [3.8, 4) is 11.5 Å². The van der Waals surface area contributed by atoms with Crippen molar-refractivity contribution < 1.29 is 14.3 Å². The molecule has 0 amide bonds. The maximum Gasteiger partial charge on any atom is 0.232 e. The fourth-order valence-electron chi connectivity index (χ4n) is 3.43. The SMILES string of the molecule is Cc1ccc(C)c(COc2cc(C)c3c(c2)O/C(=C\c2cccc(Br)c2)C3=O)c1. The molecule has 0 aliphatic carbocycles. The first-order chi connectivity index (χ1) is 13.9. The van der Waals surface area contributed by atoms with Gasteiger partial charge in [-0.25, -0.2) is 0 Å². The van der Waals surface area contributed by atoms with Crippen molar-refractivity contribution >= 4 is 27.8 Å². The lowest BCUT2D eigenvalue weighted by molar-refractivity contribution is 0.101. The summed E-state index contributed by atoms with van der Waals surface area (Å²) in [7, 11) is 0. The predicted molar refractivity (Wildman–Crippen MR) is 119 cm³/mol. The number of fused-ring (bicyclic) bond motifs is 1. The van der Waals surface area contributed by atoms with Crippen LogP contribution in [0, 0.1) is 20.8 Å². The molecule has 0 saturated heterocycles. The van der Waals surface area contributed by atoms with Crippen molar-refractivity contribution in [2.75, 3.05) is 0 Å². The number of benzene rings is 3. The van der Waals surface area contributed by atoms with Crippen molar-refractivity contribution in [2.24, 2.45) is 0 Å². The number of halogens is 1. The highest BCUT2D eigenvalue weighted by Gasteiger charge is 2.30. The van der Waals surface area contributed by atoms with Crippen LogP contribution in [-0.4, -0.2) is 5.78 Å². The first kappa shape index (κ1) is 19.5. The third-order valence-electron chi connectivity index (χ3n) is 4.99. The van der Waals surface area contributed by atoms with E-state index in [1.165, 1.54) is 11.1 Å². The molecule has 1 aliphatic heterocycles. The van der Waals surface area contributed by atoms with Gasteiger partial charge < -0.3 is 9.47 Å². The second-order valence-electron chi connectivity index (χ2n) is 7.33. The summed E-state index contributed by atoms with van der Waals surface area (Å²) in [5, 5.41) is 0. The van der Waals surface area contributed by atoms with E-state index in [0.29, 0.717) is 29.4 Å². The van der Waals surface area contributed by atoms with Crippen LogP contribution in [0.5, 0.6) is 11.5 Å². The second kappa shape index (κ2) is 7.88. The second-order valence-corrected chi connectivity index (χ2v) is 8.24. The Morgan fingerprint density at radius 1 is 1.00 bits per heavy atom. The molecule has 4 rings (SSSR count). The Bertz CT molecular complexity index is 1140. The van der Waals surface area contributed by atoms with Crippen LogP contribution in [0.4, 0.5) is 0 Å². The number of carbonyl (C=O) groups is 1. The monoisotopic (exact) mass is 448 g/mol. The number of ketones is 1. The number of Topliss-reactive ketones (excluding diaryl/α,β-unsaturated/α-hetero) is 1. The third kappa shape index (κ3) is 4.13. The predicted octanol–water partition coefficient (Wildman–Crippen LogP) is 6.57. The van der Waals surface area contributed by atoms with E-state index in [4.69, 9.17) is 9.47 Å². The Morgan fingerprint density at radius 3 is 2.62 bits per heavy atom. The van der Waals surface area contributed by atoms with E-state index in [-0.39, 0.29) is 5.78 Å². The molecule has 0 saturated carbocycles. The summed E-state index contributed by atoms with van der Waals surface area (Å²) in [6.07, 6.45) is 1.77. The number of carbonyl (C=O) groups excluding carboxylic acids is 1. The number of hydrogen-bond donors (Lipinski definition) is 0. The molecule has 29 heavy (non-hydrogen) atoms. The number of allylic oxidation sites excluding steroid dienone is 1. The first-order valence-electron chi connectivity index (χ1n) is 9.44. The van der Waals surface area contributed by atoms with Gasteiger partial charge in [0.05, 0.1) is 5.56 Å². The molecule has 0 spiro atoms. The molecule has 3 aromatic rings. The highest BCUT2D eigenvalue weighted by atomic mass is 79.9. The molecule has 0 radical (unpaired) electrons. The minimum absolute atomic E-state index is 0.0986. The van der Waals surface area contributed by atoms with Crippen LogP contribution >= 0.6 is 15.9 Å². The van der Waals surface area contributed by atoms with Gasteiger partial charge in [-0.3, -0.25) is 4.79 Å². The van der Waals surface area contributed by atoms with E-state index in [0.717, 1.165) is 21.2 Å². The van der Waals surface area contributed by atoms with Crippen LogP contribution in [-0.2, 0) is 6.61 Å². The molecule has 0 atom stereocenters. The zero-order valence-corrected chi connectivity index (χ0v) is 18.2. The maximum absolute atomic E-state index is 12.8. The molecule has 0 aromatic heterocycles. The molecule has 146 valence electrons. The Hall–Kier alpha value is -2.85. The summed E-state index contributed by atoms with van der Waals surface area (Å²) in [4.78, 5) is 12.8. The number of aryl methyl sites for hydroxylation is 3. The summed E-state index contributed by atoms with van der Waals surface area (Å²) < 4.78 is 12.9. The normalized spacial score (nSPS) is 14.1. The van der Waals surface area contributed by atoms with Crippen molar-refractivity contribution in [2.45, 2.75) is 27.4 Å². The molecule has 3 nitrogen and oxygen atoms in total. The van der Waals surface area contributed by atoms with Crippen LogP contribution in [0.2, 0.25) is 0 Å². The van der Waals surface area contributed by atoms with E-state index in [1.807, 2.05) is 37.3 Å². The molecule has 0 bridgehead atoms. The summed E-state index contributed by atoms with van der Waals surface area (Å²) in [5.74, 6) is 1.47. The van der Waals surface area contributed by atoms with Gasteiger partial charge in [-0.2, -0.15) is 0 Å². The van der Waals surface area contributed by atoms with Gasteiger partial charge in [-0.15, -0.1) is 0 Å². The van der Waals surface area contributed by atoms with Crippen LogP contribution in [0.15, 0.2) is 64.8 Å². The maximum atomic E-state index is 12.8. The molecule has 4 heteroatoms. The van der Waals surface area contributed by atoms with Crippen molar-refractivity contribution in [1.29, 1.82) is 0 Å². The molecule has 0 N–H and O–H groups in total. The quantitative estimate of drug-likeness (QED) is 0.423. The van der Waals surface area contributed by atoms with Crippen LogP contribution in [0.3, 0.4) is 0 Å². The highest BCUT2D eigenvalue weighted by Crippen LogP contribution is 2.38. The van der Waals surface area contributed by atoms with Gasteiger partial charge >= 0.3 is 0 Å². The minimum Gasteiger partial charge on any atom is -0.489 e. The molecule has 1 heterocycles. The fraction of sp³-hybridized carbons (Fsp3) is 0.160. The molecule has 3 aromatic carbocycles. The van der Waals surface area contributed by atoms with E-state index >= 15 is 0 Å². The summed E-state index contributed by atoms with van der Waals surface area (Å²) in [5.41, 5.74) is 5.90. The zero-order valence-electron chi connectivity index (χ0n) is 16.6. The Kier molecular flexibility index (Phi) is 5.29. The Morgan fingerprint density at radius 2 is 1.83 bits per heavy atom. The van der Waals surface area contributed by atoms with Gasteiger partial charge in [0.2, 0.25) is 5.78 Å². The number of ether oxygens (including phenoxy) is 2. The average molecular weight is 449 g/mol. The van der Waals surface area contributed by atoms with Gasteiger partial charge in [0.15, 0.2) is 5.76 Å². The number of hydrogen-bond acceptors (Lipinski definition) is 3. The minimum atomic E-state index is -0.0986. The summed E-state index contributed by atoms with van der Waals surface area (Å²) in [6.45, 7) is 6.53. The lowest BCUT2D eigenvalue weighted by atomic mass is 10.0. The van der Waals surface area contributed by atoms with Crippen molar-refractivity contribution in [1.82, 2.24) is 0 Å². The molecule has 1 aliphatic rings. The van der Waals surface area contributed by atoms with Gasteiger partial charge in [-0.1, -0.05) is 51.8 Å². The Labute approximate surface area is 179 Å². The molecular formula is C25H21BrO3. The van der Waals surface area contributed by atoms with Gasteiger partial charge in [0.25, 0.3) is 0 Å². The van der Waals surface area contributed by atoms with E-state index < -0.39 is 0 Å². The smallest absolute Gasteiger partial charge is 0.232 e. The number of rotatable bonds is 4. The third-order valence-corrected chi connectivity index (χ3v) is 5.48. The first-order valence-corrected chi connectivity index (χ1v) is 10.2. The molecular weight excluding hydrogens is 428 g/mol. The highest BCUT2D eigenvalue weighted by molar-refractivity contribution is 9.10. The van der Waals surface area contributed by atoms with Crippen LogP contribution < -0.4 is 9.47 Å². The lowest BCUT2D eigenvalue weighted by Gasteiger charge is -2.11.